The molecule has 0 aliphatic carbocycles. The highest BCUT2D eigenvalue weighted by molar-refractivity contribution is 5.75. The Kier molecular flexibility index (Phi) is 4.96. The van der Waals surface area contributed by atoms with Crippen LogP contribution in [0.25, 0.3) is 0 Å². The highest BCUT2D eigenvalue weighted by Gasteiger charge is 2.39. The highest BCUT2D eigenvalue weighted by Crippen LogP contribution is 2.21. The summed E-state index contributed by atoms with van der Waals surface area (Å²) >= 11 is 0. The molecule has 0 aromatic carbocycles. The Balaban J connectivity index is 2.66. The van der Waals surface area contributed by atoms with Gasteiger partial charge in [-0.15, -0.1) is 0 Å². The molecule has 1 saturated heterocycles. The Morgan fingerprint density at radius 3 is 2.17 bits per heavy atom. The fraction of sp³-hybridized carbons (Fsp3) is 0.923. The number of rotatable bonds is 3. The number of carbonyl (C=O) groups is 1. The summed E-state index contributed by atoms with van der Waals surface area (Å²) < 4.78 is 14.0. The number of halogens is 1. The number of hydrogen-bond acceptors (Lipinski definition) is 2. The SMILES string of the molecule is CC(C)N(C)C(=O)N1CC(F)C(N(C)C(C)C)C1. The minimum absolute atomic E-state index is 0.0766. The lowest BCUT2D eigenvalue weighted by Gasteiger charge is -2.30. The summed E-state index contributed by atoms with van der Waals surface area (Å²) in [4.78, 5) is 17.4. The summed E-state index contributed by atoms with van der Waals surface area (Å²) in [7, 11) is 3.68. The molecular formula is C13H26FN3O. The summed E-state index contributed by atoms with van der Waals surface area (Å²) in [5, 5.41) is 0. The first-order valence-electron chi connectivity index (χ1n) is 6.63. The molecule has 0 bridgehead atoms. The maximum atomic E-state index is 14.0. The van der Waals surface area contributed by atoms with Gasteiger partial charge in [0.2, 0.25) is 0 Å². The van der Waals surface area contributed by atoms with Crippen LogP contribution < -0.4 is 0 Å². The number of carbonyl (C=O) groups excluding carboxylic acids is 1. The number of amides is 2. The molecule has 2 amide bonds. The maximum Gasteiger partial charge on any atom is 0.320 e. The fourth-order valence-electron chi connectivity index (χ4n) is 2.11. The van der Waals surface area contributed by atoms with Crippen molar-refractivity contribution in [1.82, 2.24) is 14.7 Å². The average Bonchev–Trinajstić information content (AvgIpc) is 2.67. The molecule has 1 heterocycles. The van der Waals surface area contributed by atoms with Crippen molar-refractivity contribution in [3.8, 4) is 0 Å². The molecule has 4 nitrogen and oxygen atoms in total. The smallest absolute Gasteiger partial charge is 0.320 e. The van der Waals surface area contributed by atoms with E-state index in [2.05, 4.69) is 0 Å². The fourth-order valence-corrected chi connectivity index (χ4v) is 2.11. The van der Waals surface area contributed by atoms with Crippen LogP contribution in [0.2, 0.25) is 0 Å². The topological polar surface area (TPSA) is 26.8 Å². The van der Waals surface area contributed by atoms with Crippen LogP contribution in [0.15, 0.2) is 0 Å². The summed E-state index contributed by atoms with van der Waals surface area (Å²) in [6, 6.07) is 0.158. The molecule has 2 atom stereocenters. The predicted octanol–water partition coefficient (Wildman–Crippen LogP) is 1.81. The van der Waals surface area contributed by atoms with E-state index in [4.69, 9.17) is 0 Å². The van der Waals surface area contributed by atoms with Crippen molar-refractivity contribution in [2.45, 2.75) is 52.0 Å². The van der Waals surface area contributed by atoms with Crippen LogP contribution in [-0.4, -0.2) is 72.2 Å². The first-order chi connectivity index (χ1) is 8.25. The van der Waals surface area contributed by atoms with E-state index < -0.39 is 6.17 Å². The highest BCUT2D eigenvalue weighted by atomic mass is 19.1. The molecule has 5 heteroatoms. The number of likely N-dealkylation sites (N-methyl/N-ethyl adjacent to an activating group) is 1. The summed E-state index contributed by atoms with van der Waals surface area (Å²) in [6.45, 7) is 8.68. The largest absolute Gasteiger partial charge is 0.325 e. The Morgan fingerprint density at radius 2 is 1.72 bits per heavy atom. The number of nitrogens with zero attached hydrogens (tertiary/aromatic N) is 3. The van der Waals surface area contributed by atoms with Gasteiger partial charge in [-0.1, -0.05) is 0 Å². The molecule has 18 heavy (non-hydrogen) atoms. The van der Waals surface area contributed by atoms with Gasteiger partial charge in [0.05, 0.1) is 12.6 Å². The van der Waals surface area contributed by atoms with Gasteiger partial charge >= 0.3 is 6.03 Å². The first-order valence-corrected chi connectivity index (χ1v) is 6.63. The van der Waals surface area contributed by atoms with Crippen molar-refractivity contribution in [3.05, 3.63) is 0 Å². The van der Waals surface area contributed by atoms with Crippen molar-refractivity contribution in [3.63, 3.8) is 0 Å². The molecule has 1 fully saturated rings. The molecule has 1 aliphatic rings. The van der Waals surface area contributed by atoms with Gasteiger partial charge in [0, 0.05) is 25.7 Å². The van der Waals surface area contributed by atoms with E-state index in [0.717, 1.165) is 0 Å². The summed E-state index contributed by atoms with van der Waals surface area (Å²) in [6.07, 6.45) is -0.957. The Bertz CT molecular complexity index is 296. The van der Waals surface area contributed by atoms with Gasteiger partial charge in [-0.05, 0) is 34.7 Å². The Labute approximate surface area is 110 Å². The van der Waals surface area contributed by atoms with Crippen molar-refractivity contribution in [1.29, 1.82) is 0 Å². The van der Waals surface area contributed by atoms with Crippen LogP contribution >= 0.6 is 0 Å². The van der Waals surface area contributed by atoms with Gasteiger partial charge in [-0.25, -0.2) is 9.18 Å². The van der Waals surface area contributed by atoms with Crippen LogP contribution in [-0.2, 0) is 0 Å². The minimum atomic E-state index is -0.957. The minimum Gasteiger partial charge on any atom is -0.325 e. The molecule has 106 valence electrons. The van der Waals surface area contributed by atoms with Crippen LogP contribution in [0, 0.1) is 0 Å². The van der Waals surface area contributed by atoms with Gasteiger partial charge in [-0.3, -0.25) is 4.90 Å². The van der Waals surface area contributed by atoms with Crippen molar-refractivity contribution in [2.24, 2.45) is 0 Å². The normalized spacial score (nSPS) is 24.4. The number of urea groups is 1. The Morgan fingerprint density at radius 1 is 1.17 bits per heavy atom. The zero-order valence-electron chi connectivity index (χ0n) is 12.4. The van der Waals surface area contributed by atoms with Gasteiger partial charge in [0.1, 0.15) is 6.17 Å². The monoisotopic (exact) mass is 259 g/mol. The van der Waals surface area contributed by atoms with E-state index in [0.29, 0.717) is 6.54 Å². The molecule has 0 spiro atoms. The van der Waals surface area contributed by atoms with Crippen LogP contribution in [0.4, 0.5) is 9.18 Å². The second-order valence-electron chi connectivity index (χ2n) is 5.73. The van der Waals surface area contributed by atoms with Crippen molar-refractivity contribution >= 4 is 6.03 Å². The van der Waals surface area contributed by atoms with Crippen molar-refractivity contribution < 1.29 is 9.18 Å². The molecule has 0 N–H and O–H groups in total. The molecule has 1 aliphatic heterocycles. The lowest BCUT2D eigenvalue weighted by molar-refractivity contribution is 0.139. The second-order valence-corrected chi connectivity index (χ2v) is 5.73. The molecule has 0 aromatic rings. The summed E-state index contributed by atoms with van der Waals surface area (Å²) in [5.41, 5.74) is 0. The molecule has 2 unspecified atom stereocenters. The lowest BCUT2D eigenvalue weighted by Crippen LogP contribution is -2.45. The van der Waals surface area contributed by atoms with Gasteiger partial charge < -0.3 is 9.80 Å². The number of hydrogen-bond donors (Lipinski definition) is 0. The quantitative estimate of drug-likeness (QED) is 0.773. The molecule has 0 aromatic heterocycles. The second kappa shape index (κ2) is 5.87. The van der Waals surface area contributed by atoms with E-state index in [1.807, 2.05) is 39.6 Å². The number of alkyl halides is 1. The van der Waals surface area contributed by atoms with Gasteiger partial charge in [-0.2, -0.15) is 0 Å². The van der Waals surface area contributed by atoms with Crippen molar-refractivity contribution in [2.75, 3.05) is 27.2 Å². The van der Waals surface area contributed by atoms with E-state index in [1.54, 1.807) is 16.8 Å². The number of likely N-dealkylation sites (tertiary alicyclic amines) is 1. The predicted molar refractivity (Wildman–Crippen MR) is 71.5 cm³/mol. The van der Waals surface area contributed by atoms with Crippen LogP contribution in [0.3, 0.4) is 0 Å². The third-order valence-electron chi connectivity index (χ3n) is 3.90. The first kappa shape index (κ1) is 15.2. The van der Waals surface area contributed by atoms with Crippen LogP contribution in [0.1, 0.15) is 27.7 Å². The van der Waals surface area contributed by atoms with Gasteiger partial charge in [0.25, 0.3) is 0 Å². The zero-order chi connectivity index (χ0) is 14.0. The standard InChI is InChI=1S/C13H26FN3O/c1-9(2)15(5)12-8-17(7-11(12)14)13(18)16(6)10(3)4/h9-12H,7-8H2,1-6H3. The molecule has 1 rings (SSSR count). The van der Waals surface area contributed by atoms with E-state index in [1.165, 1.54) is 0 Å². The third-order valence-corrected chi connectivity index (χ3v) is 3.90. The van der Waals surface area contributed by atoms with E-state index >= 15 is 0 Å². The lowest BCUT2D eigenvalue weighted by atomic mass is 10.2. The summed E-state index contributed by atoms with van der Waals surface area (Å²) in [5.74, 6) is 0. The van der Waals surface area contributed by atoms with E-state index in [9.17, 15) is 9.18 Å². The molecule has 0 saturated carbocycles. The Hall–Kier alpha value is -0.840. The zero-order valence-corrected chi connectivity index (χ0v) is 12.4. The van der Waals surface area contributed by atoms with Crippen LogP contribution in [0.5, 0.6) is 0 Å². The molecule has 0 radical (unpaired) electrons. The van der Waals surface area contributed by atoms with Gasteiger partial charge in [0.15, 0.2) is 0 Å². The van der Waals surface area contributed by atoms with E-state index in [-0.39, 0.29) is 30.7 Å². The maximum absolute atomic E-state index is 14.0. The average molecular weight is 259 g/mol. The third kappa shape index (κ3) is 3.13. The molecular weight excluding hydrogens is 233 g/mol.